The molecular formula is C14H16O8. The van der Waals surface area contributed by atoms with E-state index in [1.807, 2.05) is 0 Å². The average molecular weight is 312 g/mol. The molecule has 2 aromatic rings. The van der Waals surface area contributed by atoms with Gasteiger partial charge in [0.05, 0.1) is 0 Å². The van der Waals surface area contributed by atoms with Gasteiger partial charge in [-0.25, -0.2) is 9.59 Å². The van der Waals surface area contributed by atoms with E-state index in [4.69, 9.17) is 27.1 Å². The molecule has 0 aliphatic heterocycles. The van der Waals surface area contributed by atoms with Crippen LogP contribution in [0.15, 0.2) is 38.8 Å². The van der Waals surface area contributed by atoms with Crippen molar-refractivity contribution in [2.75, 3.05) is 0 Å². The molecule has 0 radical (unpaired) electrons. The van der Waals surface area contributed by atoms with Gasteiger partial charge in [0.2, 0.25) is 0 Å². The second kappa shape index (κ2) is 6.42. The minimum atomic E-state index is -0.767. The molecule has 0 amide bonds. The first-order valence-corrected chi connectivity index (χ1v) is 6.48. The normalized spacial score (nSPS) is 12.2. The molecule has 2 heterocycles. The van der Waals surface area contributed by atoms with Crippen LogP contribution in [0.5, 0.6) is 0 Å². The van der Waals surface area contributed by atoms with E-state index in [9.17, 15) is 9.59 Å². The summed E-state index contributed by atoms with van der Waals surface area (Å²) in [5.74, 6) is 0.813. The largest absolute Gasteiger partial charge is 0.519 e. The number of rotatable bonds is 6. The summed E-state index contributed by atoms with van der Waals surface area (Å²) in [4.78, 5) is 21.8. The summed E-state index contributed by atoms with van der Waals surface area (Å²) >= 11 is 0. The quantitative estimate of drug-likeness (QED) is 0.748. The predicted octanol–water partition coefficient (Wildman–Crippen LogP) is 2.38. The first kappa shape index (κ1) is 15.7. The number of hydrogen-bond donors (Lipinski definition) is 0. The second-order valence-electron chi connectivity index (χ2n) is 4.56. The number of allylic oxidation sites excluding steroid dienone is 2. The van der Waals surface area contributed by atoms with Crippen molar-refractivity contribution < 1.29 is 27.1 Å². The predicted molar refractivity (Wildman–Crippen MR) is 71.9 cm³/mol. The fourth-order valence-electron chi connectivity index (χ4n) is 1.56. The Bertz CT molecular complexity index is 716. The van der Waals surface area contributed by atoms with E-state index in [1.54, 1.807) is 27.7 Å². The summed E-state index contributed by atoms with van der Waals surface area (Å²) < 4.78 is 30.0. The second-order valence-corrected chi connectivity index (χ2v) is 4.56. The van der Waals surface area contributed by atoms with Crippen LogP contribution in [-0.2, 0) is 22.7 Å². The van der Waals surface area contributed by atoms with Gasteiger partial charge in [0.1, 0.15) is 24.7 Å². The lowest BCUT2D eigenvalue weighted by atomic mass is 10.4. The van der Waals surface area contributed by atoms with Crippen LogP contribution < -0.4 is 11.6 Å². The van der Waals surface area contributed by atoms with E-state index in [0.29, 0.717) is 34.6 Å². The van der Waals surface area contributed by atoms with Gasteiger partial charge in [-0.2, -0.15) is 0 Å². The first-order valence-electron chi connectivity index (χ1n) is 6.48. The van der Waals surface area contributed by atoms with Crippen molar-refractivity contribution in [1.29, 1.82) is 0 Å². The third-order valence-corrected chi connectivity index (χ3v) is 3.01. The lowest BCUT2D eigenvalue weighted by molar-refractivity contribution is 0.123. The molecule has 0 aliphatic carbocycles. The van der Waals surface area contributed by atoms with Gasteiger partial charge < -0.3 is 27.1 Å². The molecule has 0 bridgehead atoms. The van der Waals surface area contributed by atoms with E-state index in [2.05, 4.69) is 0 Å². The zero-order valence-electron chi connectivity index (χ0n) is 12.7. The van der Waals surface area contributed by atoms with Gasteiger partial charge in [-0.1, -0.05) is 0 Å². The molecular weight excluding hydrogens is 296 g/mol. The number of ether oxygens (including phenoxy) is 2. The molecule has 0 aromatic carbocycles. The molecule has 0 N–H and O–H groups in total. The van der Waals surface area contributed by atoms with Crippen molar-refractivity contribution in [3.05, 3.63) is 55.8 Å². The van der Waals surface area contributed by atoms with Crippen LogP contribution in [0, 0.1) is 13.8 Å². The van der Waals surface area contributed by atoms with Crippen molar-refractivity contribution in [2.24, 2.45) is 0 Å². The van der Waals surface area contributed by atoms with Gasteiger partial charge in [-0.3, -0.25) is 0 Å². The molecule has 8 heteroatoms. The van der Waals surface area contributed by atoms with Crippen LogP contribution in [-0.4, -0.2) is 0 Å². The molecule has 0 spiro atoms. The van der Waals surface area contributed by atoms with Crippen molar-refractivity contribution in [2.45, 2.75) is 40.9 Å². The lowest BCUT2D eigenvalue weighted by Crippen LogP contribution is -1.99. The van der Waals surface area contributed by atoms with Crippen molar-refractivity contribution >= 4 is 0 Å². The third kappa shape index (κ3) is 3.72. The highest BCUT2D eigenvalue weighted by Crippen LogP contribution is 2.15. The molecule has 0 unspecified atom stereocenters. The smallest absolute Gasteiger partial charge is 0.487 e. The molecule has 0 fully saturated rings. The van der Waals surface area contributed by atoms with Gasteiger partial charge in [0.15, 0.2) is 23.0 Å². The molecule has 8 nitrogen and oxygen atoms in total. The summed E-state index contributed by atoms with van der Waals surface area (Å²) in [5, 5.41) is 0. The zero-order chi connectivity index (χ0) is 16.3. The van der Waals surface area contributed by atoms with Crippen LogP contribution in [0.4, 0.5) is 0 Å². The Kier molecular flexibility index (Phi) is 4.59. The van der Waals surface area contributed by atoms with Gasteiger partial charge in [0.25, 0.3) is 0 Å². The summed E-state index contributed by atoms with van der Waals surface area (Å²) in [6, 6.07) is 0. The van der Waals surface area contributed by atoms with E-state index in [1.165, 1.54) is 0 Å². The molecule has 0 atom stereocenters. The Labute approximate surface area is 124 Å². The highest BCUT2D eigenvalue weighted by molar-refractivity contribution is 5.03. The van der Waals surface area contributed by atoms with E-state index < -0.39 is 11.6 Å². The van der Waals surface area contributed by atoms with E-state index >= 15 is 0 Å². The van der Waals surface area contributed by atoms with Crippen LogP contribution in [0.2, 0.25) is 0 Å². The summed E-state index contributed by atoms with van der Waals surface area (Å²) in [5.41, 5.74) is 0. The third-order valence-electron chi connectivity index (χ3n) is 3.01. The lowest BCUT2D eigenvalue weighted by Gasteiger charge is -2.10. The molecule has 120 valence electrons. The van der Waals surface area contributed by atoms with E-state index in [-0.39, 0.29) is 13.2 Å². The number of hydrogen-bond acceptors (Lipinski definition) is 8. The average Bonchev–Trinajstić information content (AvgIpc) is 2.94. The maximum absolute atomic E-state index is 10.9. The SMILES string of the molecule is C/C(OCc1oc(=O)oc1C)=C(/C)OCc1oc(=O)oc1C. The molecule has 0 aliphatic rings. The van der Waals surface area contributed by atoms with Crippen LogP contribution >= 0.6 is 0 Å². The summed E-state index contributed by atoms with van der Waals surface area (Å²) in [6.45, 7) is 6.70. The minimum absolute atomic E-state index is 0.0456. The first-order chi connectivity index (χ1) is 10.4. The highest BCUT2D eigenvalue weighted by Gasteiger charge is 2.12. The Morgan fingerprint density at radius 3 is 1.41 bits per heavy atom. The Hall–Kier alpha value is -2.64. The number of aryl methyl sites for hydroxylation is 2. The molecule has 0 saturated heterocycles. The van der Waals surface area contributed by atoms with Crippen molar-refractivity contribution in [3.63, 3.8) is 0 Å². The molecule has 2 aromatic heterocycles. The Balaban J connectivity index is 1.94. The maximum atomic E-state index is 10.9. The topological polar surface area (TPSA) is 105 Å². The highest BCUT2D eigenvalue weighted by atomic mass is 16.6. The van der Waals surface area contributed by atoms with Gasteiger partial charge >= 0.3 is 11.6 Å². The van der Waals surface area contributed by atoms with E-state index in [0.717, 1.165) is 0 Å². The van der Waals surface area contributed by atoms with Crippen molar-refractivity contribution in [1.82, 2.24) is 0 Å². The van der Waals surface area contributed by atoms with Crippen molar-refractivity contribution in [3.8, 4) is 0 Å². The monoisotopic (exact) mass is 312 g/mol. The van der Waals surface area contributed by atoms with Gasteiger partial charge in [-0.05, 0) is 27.7 Å². The summed E-state index contributed by atoms with van der Waals surface area (Å²) in [7, 11) is 0. The Morgan fingerprint density at radius 2 is 1.14 bits per heavy atom. The van der Waals surface area contributed by atoms with Crippen LogP contribution in [0.1, 0.15) is 36.9 Å². The minimum Gasteiger partial charge on any atom is -0.487 e. The van der Waals surface area contributed by atoms with Crippen LogP contribution in [0.25, 0.3) is 0 Å². The fraction of sp³-hybridized carbons (Fsp3) is 0.429. The molecule has 0 saturated carbocycles. The van der Waals surface area contributed by atoms with Gasteiger partial charge in [-0.15, -0.1) is 0 Å². The van der Waals surface area contributed by atoms with Gasteiger partial charge in [0, 0.05) is 0 Å². The maximum Gasteiger partial charge on any atom is 0.519 e. The summed E-state index contributed by atoms with van der Waals surface area (Å²) in [6.07, 6.45) is 0. The molecule has 22 heavy (non-hydrogen) atoms. The standard InChI is InChI=1S/C14H16O8/c1-7(17-5-11-9(3)19-13(15)21-11)8(2)18-6-12-10(4)20-14(16)22-12/h5-6H2,1-4H3/b8-7+. The fourth-order valence-corrected chi connectivity index (χ4v) is 1.56. The van der Waals surface area contributed by atoms with Crippen LogP contribution in [0.3, 0.4) is 0 Å². The Morgan fingerprint density at radius 1 is 0.773 bits per heavy atom. The molecule has 2 rings (SSSR count). The zero-order valence-corrected chi connectivity index (χ0v) is 12.7.